The lowest BCUT2D eigenvalue weighted by atomic mass is 10.1. The summed E-state index contributed by atoms with van der Waals surface area (Å²) in [4.78, 5) is 33.5. The van der Waals surface area contributed by atoms with Crippen LogP contribution in [0.5, 0.6) is 0 Å². The van der Waals surface area contributed by atoms with Crippen LogP contribution in [0.25, 0.3) is 22.6 Å². The van der Waals surface area contributed by atoms with E-state index in [-0.39, 0.29) is 28.2 Å². The van der Waals surface area contributed by atoms with E-state index >= 15 is 0 Å². The molecular weight excluding hydrogens is 272 g/mol. The van der Waals surface area contributed by atoms with Gasteiger partial charge in [-0.1, -0.05) is 0 Å². The lowest BCUT2D eigenvalue weighted by Crippen LogP contribution is -2.21. The molecule has 3 aromatic rings. The van der Waals surface area contributed by atoms with E-state index in [0.717, 1.165) is 12.1 Å². The van der Waals surface area contributed by atoms with E-state index in [4.69, 9.17) is 5.73 Å². The Bertz CT molecular complexity index is 940. The zero-order valence-electron chi connectivity index (χ0n) is 9.75. The Morgan fingerprint density at radius 1 is 1.05 bits per heavy atom. The van der Waals surface area contributed by atoms with Gasteiger partial charge in [-0.05, 0) is 6.07 Å². The molecule has 0 aliphatic heterocycles. The highest BCUT2D eigenvalue weighted by molar-refractivity contribution is 5.79. The molecule has 0 spiro atoms. The van der Waals surface area contributed by atoms with Gasteiger partial charge in [-0.25, -0.2) is 18.6 Å². The summed E-state index contributed by atoms with van der Waals surface area (Å²) < 4.78 is 26.3. The summed E-state index contributed by atoms with van der Waals surface area (Å²) in [7, 11) is 0. The molecule has 0 radical (unpaired) electrons. The third kappa shape index (κ3) is 1.76. The van der Waals surface area contributed by atoms with Crippen molar-refractivity contribution in [2.24, 2.45) is 0 Å². The molecule has 2 aromatic heterocycles. The maximum Gasteiger partial charge on any atom is 0.327 e. The highest BCUT2D eigenvalue weighted by atomic mass is 19.2. The predicted molar refractivity (Wildman–Crippen MR) is 67.1 cm³/mol. The maximum absolute atomic E-state index is 13.2. The van der Waals surface area contributed by atoms with Crippen molar-refractivity contribution in [2.45, 2.75) is 0 Å². The Balaban J connectivity index is 2.31. The van der Waals surface area contributed by atoms with Crippen LogP contribution in [0.3, 0.4) is 0 Å². The Kier molecular flexibility index (Phi) is 2.43. The molecule has 0 saturated carbocycles. The molecule has 2 heterocycles. The van der Waals surface area contributed by atoms with Gasteiger partial charge in [0.2, 0.25) is 0 Å². The van der Waals surface area contributed by atoms with Crippen molar-refractivity contribution in [3.05, 3.63) is 44.6 Å². The third-order valence-electron chi connectivity index (χ3n) is 2.74. The topological polar surface area (TPSA) is 120 Å². The van der Waals surface area contributed by atoms with Gasteiger partial charge in [0.25, 0.3) is 5.56 Å². The van der Waals surface area contributed by atoms with Gasteiger partial charge in [0.15, 0.2) is 17.3 Å². The Labute approximate surface area is 108 Å². The maximum atomic E-state index is 13.2. The fourth-order valence-corrected chi connectivity index (χ4v) is 1.83. The van der Waals surface area contributed by atoms with Crippen molar-refractivity contribution in [3.63, 3.8) is 0 Å². The standard InChI is InChI=1S/C11H7F2N5O2/c12-4-1-3(6(14)2-5(4)13)8-15-7-9(16-8)17-11(20)18-10(7)19/h1-2H,14H2,(H3,15,16,17,18,19,20). The molecule has 0 aliphatic rings. The van der Waals surface area contributed by atoms with Crippen molar-refractivity contribution in [1.29, 1.82) is 0 Å². The number of halogens is 2. The number of imidazole rings is 1. The number of fused-ring (bicyclic) bond motifs is 1. The number of hydrogen-bond acceptors (Lipinski definition) is 4. The quantitative estimate of drug-likeness (QED) is 0.484. The monoisotopic (exact) mass is 279 g/mol. The van der Waals surface area contributed by atoms with E-state index in [0.29, 0.717) is 0 Å². The number of anilines is 1. The minimum atomic E-state index is -1.10. The van der Waals surface area contributed by atoms with Gasteiger partial charge in [0, 0.05) is 17.3 Å². The number of nitrogens with zero attached hydrogens (tertiary/aromatic N) is 1. The van der Waals surface area contributed by atoms with Gasteiger partial charge < -0.3 is 10.7 Å². The number of aromatic amines is 3. The number of rotatable bonds is 1. The molecule has 0 fully saturated rings. The van der Waals surface area contributed by atoms with Crippen LogP contribution < -0.4 is 17.0 Å². The first-order valence-electron chi connectivity index (χ1n) is 5.43. The number of hydrogen-bond donors (Lipinski definition) is 4. The van der Waals surface area contributed by atoms with Crippen LogP contribution in [-0.2, 0) is 0 Å². The van der Waals surface area contributed by atoms with Crippen LogP contribution in [0.1, 0.15) is 0 Å². The first-order valence-corrected chi connectivity index (χ1v) is 5.43. The summed E-state index contributed by atoms with van der Waals surface area (Å²) in [6, 6.07) is 1.67. The van der Waals surface area contributed by atoms with Crippen LogP contribution in [0.4, 0.5) is 14.5 Å². The molecule has 0 amide bonds. The Morgan fingerprint density at radius 3 is 2.50 bits per heavy atom. The SMILES string of the molecule is Nc1cc(F)c(F)cc1-c1nc2[nH]c(=O)[nH]c(=O)c2[nH]1. The van der Waals surface area contributed by atoms with Crippen LogP contribution in [0.2, 0.25) is 0 Å². The number of nitrogen functional groups attached to an aromatic ring is 1. The minimum Gasteiger partial charge on any atom is -0.398 e. The molecule has 0 saturated heterocycles. The van der Waals surface area contributed by atoms with Gasteiger partial charge >= 0.3 is 5.69 Å². The highest BCUT2D eigenvalue weighted by Crippen LogP contribution is 2.26. The van der Waals surface area contributed by atoms with Crippen molar-refractivity contribution in [3.8, 4) is 11.4 Å². The van der Waals surface area contributed by atoms with Crippen molar-refractivity contribution >= 4 is 16.9 Å². The van der Waals surface area contributed by atoms with E-state index in [1.165, 1.54) is 0 Å². The highest BCUT2D eigenvalue weighted by Gasteiger charge is 2.14. The second kappa shape index (κ2) is 4.02. The fraction of sp³-hybridized carbons (Fsp3) is 0. The summed E-state index contributed by atoms with van der Waals surface area (Å²) >= 11 is 0. The van der Waals surface area contributed by atoms with E-state index < -0.39 is 22.9 Å². The second-order valence-corrected chi connectivity index (χ2v) is 4.07. The second-order valence-electron chi connectivity index (χ2n) is 4.07. The van der Waals surface area contributed by atoms with E-state index in [2.05, 4.69) is 15.0 Å². The van der Waals surface area contributed by atoms with E-state index in [1.807, 2.05) is 4.98 Å². The number of nitrogens with two attached hydrogens (primary N) is 1. The average molecular weight is 279 g/mol. The van der Waals surface area contributed by atoms with E-state index in [9.17, 15) is 18.4 Å². The zero-order valence-corrected chi connectivity index (χ0v) is 9.75. The van der Waals surface area contributed by atoms with Crippen molar-refractivity contribution < 1.29 is 8.78 Å². The summed E-state index contributed by atoms with van der Waals surface area (Å²) in [5.74, 6) is -2.14. The molecular formula is C11H7F2N5O2. The third-order valence-corrected chi connectivity index (χ3v) is 2.74. The summed E-state index contributed by atoms with van der Waals surface area (Å²) in [5, 5.41) is 0. The fourth-order valence-electron chi connectivity index (χ4n) is 1.83. The molecule has 102 valence electrons. The molecule has 0 atom stereocenters. The summed E-state index contributed by atoms with van der Waals surface area (Å²) in [6.45, 7) is 0. The molecule has 0 unspecified atom stereocenters. The van der Waals surface area contributed by atoms with Gasteiger partial charge in [0.05, 0.1) is 0 Å². The van der Waals surface area contributed by atoms with Crippen molar-refractivity contribution in [1.82, 2.24) is 19.9 Å². The van der Waals surface area contributed by atoms with Gasteiger partial charge in [-0.15, -0.1) is 0 Å². The Morgan fingerprint density at radius 2 is 1.75 bits per heavy atom. The van der Waals surface area contributed by atoms with Crippen LogP contribution in [-0.4, -0.2) is 19.9 Å². The van der Waals surface area contributed by atoms with E-state index in [1.54, 1.807) is 0 Å². The molecule has 0 bridgehead atoms. The minimum absolute atomic E-state index is 0.00196. The van der Waals surface area contributed by atoms with Crippen molar-refractivity contribution in [2.75, 3.05) is 5.73 Å². The first-order chi connectivity index (χ1) is 9.45. The van der Waals surface area contributed by atoms with Crippen LogP contribution >= 0.6 is 0 Å². The normalized spacial score (nSPS) is 11.1. The number of aromatic nitrogens is 4. The molecule has 0 aliphatic carbocycles. The number of H-pyrrole nitrogens is 3. The smallest absolute Gasteiger partial charge is 0.327 e. The first kappa shape index (κ1) is 12.1. The lowest BCUT2D eigenvalue weighted by molar-refractivity contribution is 0.509. The molecule has 5 N–H and O–H groups in total. The lowest BCUT2D eigenvalue weighted by Gasteiger charge is -2.02. The number of benzene rings is 1. The summed E-state index contributed by atoms with van der Waals surface area (Å²) in [6.07, 6.45) is 0. The molecule has 3 rings (SSSR count). The van der Waals surface area contributed by atoms with Crippen LogP contribution in [0, 0.1) is 11.6 Å². The zero-order chi connectivity index (χ0) is 14.4. The van der Waals surface area contributed by atoms with Gasteiger partial charge in [0.1, 0.15) is 11.3 Å². The molecule has 1 aromatic carbocycles. The molecule has 7 nitrogen and oxygen atoms in total. The molecule has 9 heteroatoms. The average Bonchev–Trinajstić information content (AvgIpc) is 2.77. The summed E-state index contributed by atoms with van der Waals surface area (Å²) in [5.41, 5.74) is 4.22. The molecule has 20 heavy (non-hydrogen) atoms. The number of nitrogens with one attached hydrogen (secondary N) is 3. The van der Waals surface area contributed by atoms with Gasteiger partial charge in [-0.2, -0.15) is 0 Å². The van der Waals surface area contributed by atoms with Crippen LogP contribution in [0.15, 0.2) is 21.7 Å². The predicted octanol–water partition coefficient (Wildman–Crippen LogP) is 0.467. The Hall–Kier alpha value is -2.97. The largest absolute Gasteiger partial charge is 0.398 e. The van der Waals surface area contributed by atoms with Gasteiger partial charge in [-0.3, -0.25) is 14.8 Å².